The molecule has 1 saturated heterocycles. The van der Waals surface area contributed by atoms with Crippen LogP contribution in [0, 0.1) is 0 Å². The Morgan fingerprint density at radius 2 is 2.15 bits per heavy atom. The number of benzene rings is 1. The van der Waals surface area contributed by atoms with Crippen LogP contribution in [0.5, 0.6) is 0 Å². The first-order valence-corrected chi connectivity index (χ1v) is 9.79. The number of thiophene rings is 1. The fraction of sp³-hybridized carbons (Fsp3) is 0.316. The summed E-state index contributed by atoms with van der Waals surface area (Å²) in [6.07, 6.45) is 0.827. The number of rotatable bonds is 4. The van der Waals surface area contributed by atoms with Gasteiger partial charge in [0.25, 0.3) is 0 Å². The molecule has 1 aromatic heterocycles. The molecule has 0 aliphatic carbocycles. The first-order chi connectivity index (χ1) is 13.1. The van der Waals surface area contributed by atoms with Crippen molar-refractivity contribution in [2.45, 2.75) is 32.0 Å². The molecule has 27 heavy (non-hydrogen) atoms. The van der Waals surface area contributed by atoms with Crippen LogP contribution >= 0.6 is 11.3 Å². The molecule has 1 aromatic carbocycles. The van der Waals surface area contributed by atoms with E-state index in [1.54, 1.807) is 11.3 Å². The molecule has 2 aromatic rings. The van der Waals surface area contributed by atoms with Crippen LogP contribution in [0.4, 0.5) is 11.4 Å². The van der Waals surface area contributed by atoms with E-state index in [-0.39, 0.29) is 37.0 Å². The maximum absolute atomic E-state index is 12.9. The van der Waals surface area contributed by atoms with Crippen LogP contribution < -0.4 is 21.1 Å². The molecular formula is C19H21N5O2S. The number of para-hydroxylation sites is 2. The summed E-state index contributed by atoms with van der Waals surface area (Å²) in [6, 6.07) is 11.6. The molecule has 3 N–H and O–H groups in total. The molecule has 7 nitrogen and oxygen atoms in total. The zero-order valence-electron chi connectivity index (χ0n) is 14.9. The first-order valence-electron chi connectivity index (χ1n) is 8.91. The largest absolute Gasteiger partial charge is 0.338 e. The second-order valence-electron chi connectivity index (χ2n) is 6.73. The predicted molar refractivity (Wildman–Crippen MR) is 106 cm³/mol. The minimum absolute atomic E-state index is 0.0321. The third-order valence-corrected chi connectivity index (χ3v) is 5.50. The second kappa shape index (κ2) is 7.59. The van der Waals surface area contributed by atoms with Crippen molar-refractivity contribution < 1.29 is 9.59 Å². The Kier molecular flexibility index (Phi) is 5.02. The SMILES string of the molecule is CC1CC(NC(=O)CN2C(=O)CC(c3cccs3)=Nc3ccccc32)NN1. The van der Waals surface area contributed by atoms with Gasteiger partial charge in [0.05, 0.1) is 29.7 Å². The van der Waals surface area contributed by atoms with Crippen molar-refractivity contribution in [2.75, 3.05) is 11.4 Å². The number of amides is 2. The van der Waals surface area contributed by atoms with Crippen molar-refractivity contribution in [3.05, 3.63) is 46.7 Å². The monoisotopic (exact) mass is 383 g/mol. The molecule has 2 unspecified atom stereocenters. The Morgan fingerprint density at radius 3 is 2.89 bits per heavy atom. The van der Waals surface area contributed by atoms with Crippen LogP contribution in [0.25, 0.3) is 0 Å². The zero-order chi connectivity index (χ0) is 18.8. The molecule has 3 heterocycles. The van der Waals surface area contributed by atoms with Gasteiger partial charge in [0.15, 0.2) is 0 Å². The van der Waals surface area contributed by atoms with E-state index in [1.807, 2.05) is 48.7 Å². The van der Waals surface area contributed by atoms with E-state index in [2.05, 4.69) is 16.2 Å². The number of aliphatic imine (C=N–C) groups is 1. The molecule has 0 radical (unpaired) electrons. The molecule has 2 amide bonds. The number of carbonyl (C=O) groups is 2. The summed E-state index contributed by atoms with van der Waals surface area (Å²) in [5.41, 5.74) is 8.21. The van der Waals surface area contributed by atoms with E-state index in [1.165, 1.54) is 4.90 Å². The van der Waals surface area contributed by atoms with Gasteiger partial charge in [0.2, 0.25) is 11.8 Å². The number of fused-ring (bicyclic) bond motifs is 1. The topological polar surface area (TPSA) is 85.8 Å². The summed E-state index contributed by atoms with van der Waals surface area (Å²) in [4.78, 5) is 32.7. The maximum atomic E-state index is 12.9. The van der Waals surface area contributed by atoms with Gasteiger partial charge in [-0.1, -0.05) is 18.2 Å². The van der Waals surface area contributed by atoms with Crippen LogP contribution in [0.15, 0.2) is 46.8 Å². The molecule has 1 fully saturated rings. The van der Waals surface area contributed by atoms with Crippen molar-refractivity contribution in [1.29, 1.82) is 0 Å². The number of anilines is 1. The van der Waals surface area contributed by atoms with E-state index in [9.17, 15) is 9.59 Å². The minimum atomic E-state index is -0.203. The van der Waals surface area contributed by atoms with Crippen LogP contribution in [0.1, 0.15) is 24.6 Å². The second-order valence-corrected chi connectivity index (χ2v) is 7.67. The Balaban J connectivity index is 1.56. The van der Waals surface area contributed by atoms with Crippen molar-refractivity contribution in [2.24, 2.45) is 4.99 Å². The van der Waals surface area contributed by atoms with Gasteiger partial charge in [0.1, 0.15) is 6.54 Å². The minimum Gasteiger partial charge on any atom is -0.338 e. The molecule has 4 rings (SSSR count). The highest BCUT2D eigenvalue weighted by Gasteiger charge is 2.28. The Bertz CT molecular complexity index is 880. The van der Waals surface area contributed by atoms with Gasteiger partial charge in [-0.2, -0.15) is 0 Å². The lowest BCUT2D eigenvalue weighted by Crippen LogP contribution is -2.49. The molecule has 2 atom stereocenters. The Labute approximate surface area is 161 Å². The van der Waals surface area contributed by atoms with Gasteiger partial charge >= 0.3 is 0 Å². The molecule has 140 valence electrons. The van der Waals surface area contributed by atoms with Gasteiger partial charge in [-0.15, -0.1) is 11.3 Å². The summed E-state index contributed by atoms with van der Waals surface area (Å²) in [6.45, 7) is 2.01. The third kappa shape index (κ3) is 3.92. The summed E-state index contributed by atoms with van der Waals surface area (Å²) in [5, 5.41) is 4.89. The van der Waals surface area contributed by atoms with Gasteiger partial charge in [0, 0.05) is 10.9 Å². The van der Waals surface area contributed by atoms with Crippen LogP contribution in [-0.2, 0) is 9.59 Å². The third-order valence-electron chi connectivity index (χ3n) is 4.58. The highest BCUT2D eigenvalue weighted by molar-refractivity contribution is 7.12. The van der Waals surface area contributed by atoms with E-state index >= 15 is 0 Å². The number of hydrazine groups is 1. The molecule has 0 saturated carbocycles. The number of nitrogens with one attached hydrogen (secondary N) is 3. The first kappa shape index (κ1) is 17.8. The lowest BCUT2D eigenvalue weighted by molar-refractivity contribution is -0.123. The number of hydrogen-bond acceptors (Lipinski definition) is 6. The summed E-state index contributed by atoms with van der Waals surface area (Å²) >= 11 is 1.56. The molecular weight excluding hydrogens is 362 g/mol. The maximum Gasteiger partial charge on any atom is 0.241 e. The van der Waals surface area contributed by atoms with E-state index < -0.39 is 0 Å². The highest BCUT2D eigenvalue weighted by atomic mass is 32.1. The normalized spacial score (nSPS) is 22.2. The summed E-state index contributed by atoms with van der Waals surface area (Å²) < 4.78 is 0. The molecule has 8 heteroatoms. The van der Waals surface area contributed by atoms with Crippen molar-refractivity contribution in [3.8, 4) is 0 Å². The number of carbonyl (C=O) groups excluding carboxylic acids is 2. The average Bonchev–Trinajstić information content (AvgIpc) is 3.29. The van der Waals surface area contributed by atoms with Crippen LogP contribution in [0.2, 0.25) is 0 Å². The highest BCUT2D eigenvalue weighted by Crippen LogP contribution is 2.33. The van der Waals surface area contributed by atoms with Gasteiger partial charge < -0.3 is 10.2 Å². The molecule has 2 aliphatic heterocycles. The lowest BCUT2D eigenvalue weighted by atomic mass is 10.2. The quantitative estimate of drug-likeness (QED) is 0.753. The van der Waals surface area contributed by atoms with Crippen molar-refractivity contribution >= 4 is 40.2 Å². The predicted octanol–water partition coefficient (Wildman–Crippen LogP) is 1.93. The van der Waals surface area contributed by atoms with E-state index in [0.717, 1.165) is 17.0 Å². The fourth-order valence-corrected chi connectivity index (χ4v) is 4.01. The molecule has 2 aliphatic rings. The lowest BCUT2D eigenvalue weighted by Gasteiger charge is -2.23. The molecule has 0 spiro atoms. The summed E-state index contributed by atoms with van der Waals surface area (Å²) in [5.74, 6) is -0.334. The number of nitrogens with zero attached hydrogens (tertiary/aromatic N) is 2. The standard InChI is InChI=1S/C19H21N5O2S/c1-12-9-17(23-22-12)21-18(25)11-24-15-6-3-2-5-13(15)20-14(10-19(24)26)16-7-4-8-27-16/h2-8,12,17,22-23H,9-11H2,1H3,(H,21,25). The zero-order valence-corrected chi connectivity index (χ0v) is 15.8. The Morgan fingerprint density at radius 1 is 1.30 bits per heavy atom. The van der Waals surface area contributed by atoms with Crippen molar-refractivity contribution in [3.63, 3.8) is 0 Å². The van der Waals surface area contributed by atoms with Gasteiger partial charge in [-0.05, 0) is 36.9 Å². The smallest absolute Gasteiger partial charge is 0.241 e. The number of hydrogen-bond donors (Lipinski definition) is 3. The van der Waals surface area contributed by atoms with E-state index in [4.69, 9.17) is 4.99 Å². The Hall–Kier alpha value is -2.55. The van der Waals surface area contributed by atoms with Crippen LogP contribution in [-0.4, -0.2) is 36.3 Å². The fourth-order valence-electron chi connectivity index (χ4n) is 3.30. The van der Waals surface area contributed by atoms with Gasteiger partial charge in [-0.25, -0.2) is 10.4 Å². The average molecular weight is 383 g/mol. The summed E-state index contributed by atoms with van der Waals surface area (Å²) in [7, 11) is 0. The molecule has 0 bridgehead atoms. The van der Waals surface area contributed by atoms with E-state index in [0.29, 0.717) is 11.4 Å². The van der Waals surface area contributed by atoms with Crippen molar-refractivity contribution in [1.82, 2.24) is 16.2 Å². The van der Waals surface area contributed by atoms with Crippen LogP contribution in [0.3, 0.4) is 0 Å². The van der Waals surface area contributed by atoms with Gasteiger partial charge in [-0.3, -0.25) is 15.0 Å².